The van der Waals surface area contributed by atoms with Gasteiger partial charge in [0.25, 0.3) is 10.0 Å². The highest BCUT2D eigenvalue weighted by Gasteiger charge is 2.33. The molecular formula is C23H31N3O4S2. The van der Waals surface area contributed by atoms with Crippen molar-refractivity contribution in [2.24, 2.45) is 0 Å². The van der Waals surface area contributed by atoms with E-state index in [0.29, 0.717) is 13.0 Å². The summed E-state index contributed by atoms with van der Waals surface area (Å²) in [5.41, 5.74) is 3.37. The van der Waals surface area contributed by atoms with Crippen LogP contribution in [0, 0.1) is 0 Å². The van der Waals surface area contributed by atoms with Crippen LogP contribution in [0.5, 0.6) is 0 Å². The smallest absolute Gasteiger partial charge is 0.340 e. The van der Waals surface area contributed by atoms with Gasteiger partial charge in [-0.25, -0.2) is 17.9 Å². The number of nitrogens with one attached hydrogen (secondary N) is 1. The van der Waals surface area contributed by atoms with E-state index in [4.69, 9.17) is 4.74 Å². The Morgan fingerprint density at radius 1 is 1.28 bits per heavy atom. The van der Waals surface area contributed by atoms with Gasteiger partial charge in [0.15, 0.2) is 0 Å². The van der Waals surface area contributed by atoms with E-state index in [1.807, 2.05) is 0 Å². The van der Waals surface area contributed by atoms with Crippen molar-refractivity contribution in [2.75, 3.05) is 38.2 Å². The molecule has 2 aromatic rings. The molecule has 1 aliphatic heterocycles. The second kappa shape index (κ2) is 10.6. The molecule has 0 aliphatic carbocycles. The predicted octanol–water partition coefficient (Wildman–Crippen LogP) is 3.40. The van der Waals surface area contributed by atoms with E-state index in [1.54, 1.807) is 0 Å². The predicted molar refractivity (Wildman–Crippen MR) is 129 cm³/mol. The molecule has 0 unspecified atom stereocenters. The van der Waals surface area contributed by atoms with Crippen LogP contribution in [-0.4, -0.2) is 52.6 Å². The zero-order valence-electron chi connectivity index (χ0n) is 18.9. The van der Waals surface area contributed by atoms with Crippen molar-refractivity contribution in [3.05, 3.63) is 58.5 Å². The van der Waals surface area contributed by atoms with E-state index >= 15 is 0 Å². The highest BCUT2D eigenvalue weighted by atomic mass is 32.2. The monoisotopic (exact) mass is 477 g/mol. The fourth-order valence-electron chi connectivity index (χ4n) is 3.96. The van der Waals surface area contributed by atoms with Crippen molar-refractivity contribution < 1.29 is 17.9 Å². The summed E-state index contributed by atoms with van der Waals surface area (Å²) < 4.78 is 33.0. The van der Waals surface area contributed by atoms with Gasteiger partial charge >= 0.3 is 5.97 Å². The Hall–Kier alpha value is -2.20. The van der Waals surface area contributed by atoms with E-state index in [0.717, 1.165) is 48.0 Å². The van der Waals surface area contributed by atoms with Crippen molar-refractivity contribution in [1.82, 2.24) is 9.62 Å². The number of nitrogens with zero attached hydrogens (tertiary/aromatic N) is 2. The van der Waals surface area contributed by atoms with Crippen LogP contribution in [-0.2, 0) is 34.3 Å². The van der Waals surface area contributed by atoms with Gasteiger partial charge in [-0.3, -0.25) is 4.90 Å². The molecule has 3 rings (SSSR count). The van der Waals surface area contributed by atoms with Gasteiger partial charge in [-0.1, -0.05) is 18.2 Å². The molecule has 1 N–H and O–H groups in total. The largest absolute Gasteiger partial charge is 0.465 e. The van der Waals surface area contributed by atoms with Crippen LogP contribution in [0.4, 0.5) is 5.69 Å². The average Bonchev–Trinajstić information content (AvgIpc) is 3.19. The van der Waals surface area contributed by atoms with Gasteiger partial charge in [-0.05, 0) is 43.5 Å². The van der Waals surface area contributed by atoms with Gasteiger partial charge in [0, 0.05) is 49.8 Å². The summed E-state index contributed by atoms with van der Waals surface area (Å²) in [4.78, 5) is 17.9. The van der Waals surface area contributed by atoms with Crippen LogP contribution in [0.25, 0.3) is 0 Å². The molecule has 0 fully saturated rings. The molecule has 174 valence electrons. The molecule has 0 radical (unpaired) electrons. The van der Waals surface area contributed by atoms with E-state index in [2.05, 4.69) is 59.2 Å². The Bertz CT molecular complexity index is 1060. The van der Waals surface area contributed by atoms with Gasteiger partial charge in [-0.2, -0.15) is 0 Å². The molecule has 0 bridgehead atoms. The minimum absolute atomic E-state index is 0.0293. The molecule has 7 nitrogen and oxygen atoms in total. The van der Waals surface area contributed by atoms with Crippen LogP contribution >= 0.6 is 11.3 Å². The first-order valence-electron chi connectivity index (χ1n) is 10.7. The van der Waals surface area contributed by atoms with Crippen molar-refractivity contribution in [2.45, 2.75) is 37.6 Å². The number of carbonyl (C=O) groups is 1. The van der Waals surface area contributed by atoms with E-state index in [-0.39, 0.29) is 16.3 Å². The number of fused-ring (bicyclic) bond motifs is 1. The molecule has 2 heterocycles. The SMILES string of the molecule is C=CCNS(=O)(=O)c1sc2c(c1C(=O)OC)CCN(Cc1ccc(N(CC)CC)cc1)C2. The molecule has 32 heavy (non-hydrogen) atoms. The molecule has 0 spiro atoms. The zero-order valence-corrected chi connectivity index (χ0v) is 20.5. The number of anilines is 1. The van der Waals surface area contributed by atoms with E-state index in [1.165, 1.54) is 24.4 Å². The second-order valence-corrected chi connectivity index (χ2v) is 10.7. The summed E-state index contributed by atoms with van der Waals surface area (Å²) >= 11 is 1.16. The van der Waals surface area contributed by atoms with Crippen LogP contribution in [0.2, 0.25) is 0 Å². The van der Waals surface area contributed by atoms with Crippen LogP contribution in [0.15, 0.2) is 41.1 Å². The topological polar surface area (TPSA) is 78.9 Å². The first-order chi connectivity index (χ1) is 15.3. The maximum Gasteiger partial charge on any atom is 0.340 e. The zero-order chi connectivity index (χ0) is 23.3. The molecule has 1 aliphatic rings. The molecule has 9 heteroatoms. The number of methoxy groups -OCH3 is 1. The summed E-state index contributed by atoms with van der Waals surface area (Å²) in [6.45, 7) is 12.0. The highest BCUT2D eigenvalue weighted by Crippen LogP contribution is 2.37. The summed E-state index contributed by atoms with van der Waals surface area (Å²) in [5.74, 6) is -0.609. The summed E-state index contributed by atoms with van der Waals surface area (Å²) in [6.07, 6.45) is 2.07. The van der Waals surface area contributed by atoms with Gasteiger partial charge in [0.2, 0.25) is 0 Å². The molecule has 1 aromatic heterocycles. The van der Waals surface area contributed by atoms with E-state index in [9.17, 15) is 13.2 Å². The minimum atomic E-state index is -3.82. The number of thiophene rings is 1. The van der Waals surface area contributed by atoms with Crippen LogP contribution in [0.3, 0.4) is 0 Å². The van der Waals surface area contributed by atoms with Crippen LogP contribution < -0.4 is 9.62 Å². The maximum atomic E-state index is 12.8. The number of benzene rings is 1. The van der Waals surface area contributed by atoms with Crippen LogP contribution in [0.1, 0.15) is 40.2 Å². The Kier molecular flexibility index (Phi) is 8.10. The first-order valence-corrected chi connectivity index (χ1v) is 13.0. The molecular weight excluding hydrogens is 446 g/mol. The Morgan fingerprint density at radius 2 is 1.97 bits per heavy atom. The van der Waals surface area contributed by atoms with Gasteiger partial charge in [0.1, 0.15) is 4.21 Å². The molecule has 0 saturated heterocycles. The lowest BCUT2D eigenvalue weighted by Gasteiger charge is -2.27. The van der Waals surface area contributed by atoms with Gasteiger partial charge in [-0.15, -0.1) is 17.9 Å². The number of sulfonamides is 1. The quantitative estimate of drug-likeness (QED) is 0.417. The van der Waals surface area contributed by atoms with Gasteiger partial charge in [0.05, 0.1) is 12.7 Å². The number of hydrogen-bond donors (Lipinski definition) is 1. The molecule has 0 amide bonds. The number of rotatable bonds is 10. The summed E-state index contributed by atoms with van der Waals surface area (Å²) in [5, 5.41) is 0. The fraction of sp³-hybridized carbons (Fsp3) is 0.435. The summed E-state index contributed by atoms with van der Waals surface area (Å²) in [7, 11) is -2.55. The Morgan fingerprint density at radius 3 is 2.56 bits per heavy atom. The fourth-order valence-corrected chi connectivity index (χ4v) is 6.93. The lowest BCUT2D eigenvalue weighted by atomic mass is 10.0. The third-order valence-electron chi connectivity index (χ3n) is 5.63. The normalized spacial score (nSPS) is 14.1. The Balaban J connectivity index is 1.82. The second-order valence-electron chi connectivity index (χ2n) is 7.60. The molecule has 0 saturated carbocycles. The van der Waals surface area contributed by atoms with Crippen molar-refractivity contribution in [1.29, 1.82) is 0 Å². The first kappa shape index (κ1) is 24.4. The summed E-state index contributed by atoms with van der Waals surface area (Å²) in [6, 6.07) is 8.58. The third kappa shape index (κ3) is 5.23. The maximum absolute atomic E-state index is 12.8. The van der Waals surface area contributed by atoms with Crippen molar-refractivity contribution in [3.63, 3.8) is 0 Å². The highest BCUT2D eigenvalue weighted by molar-refractivity contribution is 7.91. The lowest BCUT2D eigenvalue weighted by Crippen LogP contribution is -2.30. The number of carbonyl (C=O) groups excluding carboxylic acids is 1. The lowest BCUT2D eigenvalue weighted by molar-refractivity contribution is 0.0595. The number of ether oxygens (including phenoxy) is 1. The molecule has 1 aromatic carbocycles. The Labute approximate surface area is 194 Å². The van der Waals surface area contributed by atoms with Crippen molar-refractivity contribution >= 4 is 33.0 Å². The average molecular weight is 478 g/mol. The standard InChI is InChI=1S/C23H31N3O4S2/c1-5-13-24-32(28,29)23-21(22(27)30-4)19-12-14-25(16-20(19)31-23)15-17-8-10-18(11-9-17)26(6-2)7-3/h5,8-11,24H,1,6-7,12-16H2,2-4H3. The van der Waals surface area contributed by atoms with E-state index < -0.39 is 16.0 Å². The number of hydrogen-bond acceptors (Lipinski definition) is 7. The number of esters is 1. The minimum Gasteiger partial charge on any atom is -0.465 e. The van der Waals surface area contributed by atoms with Gasteiger partial charge < -0.3 is 9.64 Å². The third-order valence-corrected chi connectivity index (χ3v) is 8.78. The molecule has 0 atom stereocenters. The van der Waals surface area contributed by atoms with Crippen molar-refractivity contribution in [3.8, 4) is 0 Å².